The van der Waals surface area contributed by atoms with Crippen LogP contribution in [0.3, 0.4) is 0 Å². The summed E-state index contributed by atoms with van der Waals surface area (Å²) in [5.41, 5.74) is 1.58. The molecule has 0 aliphatic heterocycles. The third kappa shape index (κ3) is 5.21. The monoisotopic (exact) mass is 360 g/mol. The number of hydrogen-bond acceptors (Lipinski definition) is 4. The first kappa shape index (κ1) is 18.2. The van der Waals surface area contributed by atoms with Crippen LogP contribution in [-0.4, -0.2) is 24.3 Å². The van der Waals surface area contributed by atoms with Gasteiger partial charge in [0.2, 0.25) is 0 Å². The fraction of sp³-hybridized carbons (Fsp3) is 0.474. The first-order chi connectivity index (χ1) is 12.7. The molecule has 1 aromatic carbocycles. The highest BCUT2D eigenvalue weighted by Gasteiger charge is 2.22. The minimum atomic E-state index is -0.332. The highest BCUT2D eigenvalue weighted by atomic mass is 19.1. The molecule has 1 aromatic heterocycles. The largest absolute Gasteiger partial charge is 0.490 e. The molecule has 26 heavy (non-hydrogen) atoms. The highest BCUT2D eigenvalue weighted by Crippen LogP contribution is 2.30. The summed E-state index contributed by atoms with van der Waals surface area (Å²) in [5.74, 6) is 1.22. The molecule has 1 atom stereocenters. The van der Waals surface area contributed by atoms with Gasteiger partial charge in [-0.1, -0.05) is 11.2 Å². The van der Waals surface area contributed by atoms with E-state index in [4.69, 9.17) is 9.26 Å². The number of nitrogens with one attached hydrogen (secondary N) is 2. The molecule has 7 heteroatoms. The van der Waals surface area contributed by atoms with Gasteiger partial charge in [0.05, 0.1) is 19.2 Å². The zero-order valence-corrected chi connectivity index (χ0v) is 15.2. The molecule has 1 saturated carbocycles. The number of nitrogens with zero attached hydrogens (tertiary/aromatic N) is 2. The minimum absolute atomic E-state index is 0.114. The summed E-state index contributed by atoms with van der Waals surface area (Å²) in [7, 11) is 0. The molecule has 0 bridgehead atoms. The molecule has 0 radical (unpaired) electrons. The van der Waals surface area contributed by atoms with Crippen LogP contribution >= 0.6 is 0 Å². The number of ether oxygens (including phenoxy) is 1. The molecule has 1 aliphatic carbocycles. The first-order valence-corrected chi connectivity index (χ1v) is 9.02. The van der Waals surface area contributed by atoms with E-state index in [2.05, 4.69) is 20.8 Å². The number of guanidine groups is 1. The normalized spacial score (nSPS) is 15.6. The second-order valence-electron chi connectivity index (χ2n) is 6.50. The van der Waals surface area contributed by atoms with Crippen LogP contribution in [0.5, 0.6) is 5.75 Å². The molecule has 6 nitrogen and oxygen atoms in total. The summed E-state index contributed by atoms with van der Waals surface area (Å²) < 4.78 is 24.6. The Bertz CT molecular complexity index is 729. The Balaban J connectivity index is 1.61. The van der Waals surface area contributed by atoms with Crippen molar-refractivity contribution in [1.29, 1.82) is 0 Å². The Morgan fingerprint density at radius 2 is 2.27 bits per heavy atom. The van der Waals surface area contributed by atoms with Gasteiger partial charge in [0.15, 0.2) is 17.5 Å². The van der Waals surface area contributed by atoms with Gasteiger partial charge in [0.1, 0.15) is 12.0 Å². The molecule has 0 spiro atoms. The number of halogens is 1. The number of hydrogen-bond donors (Lipinski definition) is 2. The predicted octanol–water partition coefficient (Wildman–Crippen LogP) is 3.42. The Hall–Kier alpha value is -2.57. The Morgan fingerprint density at radius 3 is 2.92 bits per heavy atom. The van der Waals surface area contributed by atoms with E-state index in [1.165, 1.54) is 25.2 Å². The van der Waals surface area contributed by atoms with Crippen LogP contribution in [-0.2, 0) is 6.54 Å². The summed E-state index contributed by atoms with van der Waals surface area (Å²) in [6.07, 6.45) is 3.88. The maximum atomic E-state index is 14.3. The van der Waals surface area contributed by atoms with Crippen molar-refractivity contribution < 1.29 is 13.7 Å². The van der Waals surface area contributed by atoms with Crippen LogP contribution in [0.2, 0.25) is 0 Å². The molecule has 1 fully saturated rings. The second kappa shape index (κ2) is 8.69. The third-order valence-electron chi connectivity index (χ3n) is 4.22. The number of aromatic nitrogens is 1. The van der Waals surface area contributed by atoms with E-state index in [1.54, 1.807) is 12.1 Å². The van der Waals surface area contributed by atoms with Crippen molar-refractivity contribution in [3.63, 3.8) is 0 Å². The first-order valence-electron chi connectivity index (χ1n) is 9.02. The molecule has 1 aliphatic rings. The summed E-state index contributed by atoms with van der Waals surface area (Å²) >= 11 is 0. The second-order valence-corrected chi connectivity index (χ2v) is 6.50. The van der Waals surface area contributed by atoms with Crippen LogP contribution in [0, 0.1) is 11.7 Å². The molecule has 2 aromatic rings. The van der Waals surface area contributed by atoms with E-state index in [1.807, 2.05) is 19.9 Å². The van der Waals surface area contributed by atoms with Gasteiger partial charge >= 0.3 is 0 Å². The quantitative estimate of drug-likeness (QED) is 0.557. The standard InChI is InChI=1S/C19H25FN4O2/c1-3-21-19(22-11-16-8-9-26-24-16)23-13(2)15-6-7-18(17(20)10-15)25-12-14-4-5-14/h6-10,13-14H,3-5,11-12H2,1-2H3,(H2,21,22,23). The summed E-state index contributed by atoms with van der Waals surface area (Å²) in [4.78, 5) is 4.47. The van der Waals surface area contributed by atoms with Crippen molar-refractivity contribution in [2.45, 2.75) is 39.3 Å². The van der Waals surface area contributed by atoms with Crippen molar-refractivity contribution >= 4 is 5.96 Å². The summed E-state index contributed by atoms with van der Waals surface area (Å²) in [6.45, 7) is 5.68. The smallest absolute Gasteiger partial charge is 0.192 e. The van der Waals surface area contributed by atoms with Crippen LogP contribution in [0.1, 0.15) is 44.0 Å². The van der Waals surface area contributed by atoms with E-state index in [0.717, 1.165) is 17.8 Å². The fourth-order valence-corrected chi connectivity index (χ4v) is 2.48. The lowest BCUT2D eigenvalue weighted by Gasteiger charge is -2.19. The predicted molar refractivity (Wildman–Crippen MR) is 97.5 cm³/mol. The van der Waals surface area contributed by atoms with Crippen molar-refractivity contribution in [2.75, 3.05) is 13.2 Å². The maximum absolute atomic E-state index is 14.3. The van der Waals surface area contributed by atoms with Gasteiger partial charge in [-0.3, -0.25) is 0 Å². The molecule has 1 unspecified atom stereocenters. The van der Waals surface area contributed by atoms with E-state index in [0.29, 0.717) is 30.8 Å². The molecule has 140 valence electrons. The molecule has 1 heterocycles. The van der Waals surface area contributed by atoms with E-state index in [9.17, 15) is 4.39 Å². The average Bonchev–Trinajstić information content (AvgIpc) is 3.31. The topological polar surface area (TPSA) is 71.7 Å². The maximum Gasteiger partial charge on any atom is 0.192 e. The SMILES string of the molecule is CCNC(=NCc1ccon1)NC(C)c1ccc(OCC2CC2)c(F)c1. The number of benzene rings is 1. The van der Waals surface area contributed by atoms with Crippen molar-refractivity contribution in [3.05, 3.63) is 47.6 Å². The Morgan fingerprint density at radius 1 is 1.42 bits per heavy atom. The van der Waals surface area contributed by atoms with E-state index >= 15 is 0 Å². The molecule has 0 amide bonds. The minimum Gasteiger partial charge on any atom is -0.490 e. The third-order valence-corrected chi connectivity index (χ3v) is 4.22. The number of aliphatic imine (C=N–C) groups is 1. The van der Waals surface area contributed by atoms with Crippen molar-refractivity contribution in [2.24, 2.45) is 10.9 Å². The zero-order valence-electron chi connectivity index (χ0n) is 15.2. The van der Waals surface area contributed by atoms with Gasteiger partial charge < -0.3 is 19.9 Å². The Labute approximate surface area is 152 Å². The van der Waals surface area contributed by atoms with Crippen LogP contribution < -0.4 is 15.4 Å². The van der Waals surface area contributed by atoms with Crippen molar-refractivity contribution in [3.8, 4) is 5.75 Å². The molecular formula is C19H25FN4O2. The van der Waals surface area contributed by atoms with E-state index < -0.39 is 0 Å². The summed E-state index contributed by atoms with van der Waals surface area (Å²) in [5, 5.41) is 10.3. The number of rotatable bonds is 8. The molecule has 3 rings (SSSR count). The summed E-state index contributed by atoms with van der Waals surface area (Å²) in [6, 6.07) is 6.75. The van der Waals surface area contributed by atoms with Crippen LogP contribution in [0.4, 0.5) is 4.39 Å². The zero-order chi connectivity index (χ0) is 18.4. The van der Waals surface area contributed by atoms with E-state index in [-0.39, 0.29) is 11.9 Å². The lowest BCUT2D eigenvalue weighted by Crippen LogP contribution is -2.38. The van der Waals surface area contributed by atoms with Crippen LogP contribution in [0.15, 0.2) is 40.0 Å². The molecular weight excluding hydrogens is 335 g/mol. The Kier molecular flexibility index (Phi) is 6.09. The van der Waals surface area contributed by atoms with Gasteiger partial charge in [0.25, 0.3) is 0 Å². The van der Waals surface area contributed by atoms with Gasteiger partial charge in [-0.05, 0) is 50.3 Å². The van der Waals surface area contributed by atoms with Gasteiger partial charge in [-0.25, -0.2) is 9.38 Å². The average molecular weight is 360 g/mol. The van der Waals surface area contributed by atoms with Gasteiger partial charge in [0, 0.05) is 12.6 Å². The molecule has 0 saturated heterocycles. The van der Waals surface area contributed by atoms with Gasteiger partial charge in [-0.2, -0.15) is 0 Å². The van der Waals surface area contributed by atoms with Crippen molar-refractivity contribution in [1.82, 2.24) is 15.8 Å². The molecule has 2 N–H and O–H groups in total. The highest BCUT2D eigenvalue weighted by molar-refractivity contribution is 5.80. The lowest BCUT2D eigenvalue weighted by atomic mass is 10.1. The fourth-order valence-electron chi connectivity index (χ4n) is 2.48. The van der Waals surface area contributed by atoms with Crippen LogP contribution in [0.25, 0.3) is 0 Å². The lowest BCUT2D eigenvalue weighted by molar-refractivity contribution is 0.285. The van der Waals surface area contributed by atoms with Gasteiger partial charge in [-0.15, -0.1) is 0 Å².